The van der Waals surface area contributed by atoms with Crippen LogP contribution >= 0.6 is 0 Å². The SMILES string of the molecule is CC(C)[C@H](NC(=O)OC(C)(C)C)[C@@H](N)c1ccccc1. The summed E-state index contributed by atoms with van der Waals surface area (Å²) in [6, 6.07) is 9.34. The lowest BCUT2D eigenvalue weighted by molar-refractivity contribution is 0.0480. The number of amides is 1. The highest BCUT2D eigenvalue weighted by Gasteiger charge is 2.26. The first-order valence-electron chi connectivity index (χ1n) is 7.01. The van der Waals surface area contributed by atoms with Gasteiger partial charge in [0.1, 0.15) is 5.60 Å². The molecule has 0 radical (unpaired) electrons. The van der Waals surface area contributed by atoms with Gasteiger partial charge in [0.2, 0.25) is 0 Å². The maximum atomic E-state index is 11.9. The first-order valence-corrected chi connectivity index (χ1v) is 7.01. The maximum Gasteiger partial charge on any atom is 0.407 e. The minimum Gasteiger partial charge on any atom is -0.444 e. The van der Waals surface area contributed by atoms with E-state index in [1.807, 2.05) is 65.0 Å². The number of carbonyl (C=O) groups is 1. The molecule has 0 fully saturated rings. The third kappa shape index (κ3) is 5.21. The van der Waals surface area contributed by atoms with Gasteiger partial charge in [-0.25, -0.2) is 4.79 Å². The van der Waals surface area contributed by atoms with Crippen LogP contribution in [0.1, 0.15) is 46.2 Å². The Morgan fingerprint density at radius 3 is 2.20 bits per heavy atom. The molecule has 0 aromatic heterocycles. The van der Waals surface area contributed by atoms with Crippen molar-refractivity contribution in [3.63, 3.8) is 0 Å². The molecule has 20 heavy (non-hydrogen) atoms. The van der Waals surface area contributed by atoms with Crippen LogP contribution in [0.2, 0.25) is 0 Å². The number of alkyl carbamates (subject to hydrolysis) is 1. The Morgan fingerprint density at radius 2 is 1.75 bits per heavy atom. The molecule has 4 nitrogen and oxygen atoms in total. The average Bonchev–Trinajstić information content (AvgIpc) is 2.34. The van der Waals surface area contributed by atoms with E-state index >= 15 is 0 Å². The number of benzene rings is 1. The summed E-state index contributed by atoms with van der Waals surface area (Å²) < 4.78 is 5.30. The second kappa shape index (κ2) is 6.75. The predicted molar refractivity (Wildman–Crippen MR) is 81.4 cm³/mol. The molecule has 0 saturated carbocycles. The molecule has 1 rings (SSSR count). The summed E-state index contributed by atoms with van der Waals surface area (Å²) in [4.78, 5) is 11.9. The third-order valence-corrected chi connectivity index (χ3v) is 2.97. The van der Waals surface area contributed by atoms with E-state index in [-0.39, 0.29) is 18.0 Å². The molecule has 3 N–H and O–H groups in total. The number of ether oxygens (including phenoxy) is 1. The van der Waals surface area contributed by atoms with Gasteiger partial charge in [-0.2, -0.15) is 0 Å². The van der Waals surface area contributed by atoms with E-state index in [1.165, 1.54) is 0 Å². The van der Waals surface area contributed by atoms with Crippen molar-refractivity contribution >= 4 is 6.09 Å². The molecule has 1 amide bonds. The van der Waals surface area contributed by atoms with Crippen LogP contribution in [0, 0.1) is 5.92 Å². The Labute approximate surface area is 121 Å². The molecule has 0 saturated heterocycles. The minimum atomic E-state index is -0.511. The van der Waals surface area contributed by atoms with E-state index in [0.29, 0.717) is 0 Å². The van der Waals surface area contributed by atoms with Gasteiger partial charge in [0, 0.05) is 0 Å². The van der Waals surface area contributed by atoms with Crippen LogP contribution in [0.5, 0.6) is 0 Å². The van der Waals surface area contributed by atoms with E-state index in [4.69, 9.17) is 10.5 Å². The molecule has 1 aromatic carbocycles. The molecule has 1 aromatic rings. The van der Waals surface area contributed by atoms with Crippen LogP contribution in [0.25, 0.3) is 0 Å². The molecule has 0 aliphatic heterocycles. The van der Waals surface area contributed by atoms with Gasteiger partial charge in [0.05, 0.1) is 12.1 Å². The topological polar surface area (TPSA) is 64.3 Å². The highest BCUT2D eigenvalue weighted by atomic mass is 16.6. The van der Waals surface area contributed by atoms with Crippen molar-refractivity contribution in [2.75, 3.05) is 0 Å². The van der Waals surface area contributed by atoms with Crippen LogP contribution in [-0.4, -0.2) is 17.7 Å². The largest absolute Gasteiger partial charge is 0.444 e. The Hall–Kier alpha value is -1.55. The molecular formula is C16H26N2O2. The van der Waals surface area contributed by atoms with Crippen molar-refractivity contribution < 1.29 is 9.53 Å². The molecule has 0 bridgehead atoms. The number of carbonyl (C=O) groups excluding carboxylic acids is 1. The number of hydrogen-bond acceptors (Lipinski definition) is 3. The van der Waals surface area contributed by atoms with Crippen LogP contribution < -0.4 is 11.1 Å². The molecule has 0 spiro atoms. The fraction of sp³-hybridized carbons (Fsp3) is 0.562. The molecule has 0 aliphatic carbocycles. The van der Waals surface area contributed by atoms with Gasteiger partial charge >= 0.3 is 6.09 Å². The summed E-state index contributed by atoms with van der Waals surface area (Å²) in [6.45, 7) is 9.59. The Bertz CT molecular complexity index is 424. The number of rotatable bonds is 4. The highest BCUT2D eigenvalue weighted by Crippen LogP contribution is 2.20. The Balaban J connectivity index is 2.77. The van der Waals surface area contributed by atoms with Crippen LogP contribution in [0.15, 0.2) is 30.3 Å². The fourth-order valence-corrected chi connectivity index (χ4v) is 2.00. The van der Waals surface area contributed by atoms with E-state index < -0.39 is 11.7 Å². The summed E-state index contributed by atoms with van der Waals surface area (Å²) in [5, 5.41) is 2.89. The smallest absolute Gasteiger partial charge is 0.407 e. The Kier molecular flexibility index (Phi) is 5.57. The first-order chi connectivity index (χ1) is 9.20. The van der Waals surface area contributed by atoms with E-state index in [1.54, 1.807) is 0 Å². The second-order valence-corrected chi connectivity index (χ2v) is 6.35. The molecular weight excluding hydrogens is 252 g/mol. The fourth-order valence-electron chi connectivity index (χ4n) is 2.00. The zero-order valence-electron chi connectivity index (χ0n) is 13.0. The number of nitrogens with two attached hydrogens (primary N) is 1. The van der Waals surface area contributed by atoms with Gasteiger partial charge in [-0.15, -0.1) is 0 Å². The quantitative estimate of drug-likeness (QED) is 0.888. The second-order valence-electron chi connectivity index (χ2n) is 6.35. The lowest BCUT2D eigenvalue weighted by Crippen LogP contribution is -2.47. The van der Waals surface area contributed by atoms with Gasteiger partial charge in [-0.05, 0) is 32.3 Å². The standard InChI is InChI=1S/C16H26N2O2/c1-11(2)14(18-15(19)20-16(3,4)5)13(17)12-9-7-6-8-10-12/h6-11,13-14H,17H2,1-5H3,(H,18,19)/t13-,14-/m0/s1. The van der Waals surface area contributed by atoms with Crippen molar-refractivity contribution in [3.05, 3.63) is 35.9 Å². The zero-order chi connectivity index (χ0) is 15.3. The summed E-state index contributed by atoms with van der Waals surface area (Å²) in [5.41, 5.74) is 6.77. The average molecular weight is 278 g/mol. The Morgan fingerprint density at radius 1 is 1.20 bits per heavy atom. The monoisotopic (exact) mass is 278 g/mol. The molecule has 4 heteroatoms. The van der Waals surface area contributed by atoms with Gasteiger partial charge in [-0.3, -0.25) is 0 Å². The van der Waals surface area contributed by atoms with E-state index in [2.05, 4.69) is 5.32 Å². The minimum absolute atomic E-state index is 0.174. The zero-order valence-corrected chi connectivity index (χ0v) is 13.0. The lowest BCUT2D eigenvalue weighted by Gasteiger charge is -2.30. The predicted octanol–water partition coefficient (Wildman–Crippen LogP) is 3.24. The van der Waals surface area contributed by atoms with Crippen LogP contribution in [0.3, 0.4) is 0 Å². The molecule has 0 aliphatic rings. The van der Waals surface area contributed by atoms with Crippen molar-refractivity contribution in [2.45, 2.75) is 52.3 Å². The van der Waals surface area contributed by atoms with Gasteiger partial charge in [0.25, 0.3) is 0 Å². The normalized spacial score (nSPS) is 14.8. The first kappa shape index (κ1) is 16.5. The van der Waals surface area contributed by atoms with Gasteiger partial charge in [-0.1, -0.05) is 44.2 Å². The third-order valence-electron chi connectivity index (χ3n) is 2.97. The van der Waals surface area contributed by atoms with Crippen molar-refractivity contribution in [1.29, 1.82) is 0 Å². The van der Waals surface area contributed by atoms with Crippen LogP contribution in [-0.2, 0) is 4.74 Å². The summed E-state index contributed by atoms with van der Waals surface area (Å²) in [7, 11) is 0. The van der Waals surface area contributed by atoms with Crippen LogP contribution in [0.4, 0.5) is 4.79 Å². The molecule has 0 unspecified atom stereocenters. The van der Waals surface area contributed by atoms with Crippen molar-refractivity contribution in [3.8, 4) is 0 Å². The van der Waals surface area contributed by atoms with E-state index in [9.17, 15) is 4.79 Å². The number of nitrogens with one attached hydrogen (secondary N) is 1. The van der Waals surface area contributed by atoms with Gasteiger partial charge in [0.15, 0.2) is 0 Å². The summed E-state index contributed by atoms with van der Waals surface area (Å²) in [5.74, 6) is 0.206. The molecule has 112 valence electrons. The van der Waals surface area contributed by atoms with Crippen molar-refractivity contribution in [2.24, 2.45) is 11.7 Å². The lowest BCUT2D eigenvalue weighted by atomic mass is 9.92. The number of hydrogen-bond donors (Lipinski definition) is 2. The summed E-state index contributed by atoms with van der Waals surface area (Å²) >= 11 is 0. The van der Waals surface area contributed by atoms with Gasteiger partial charge < -0.3 is 15.8 Å². The molecule has 0 heterocycles. The van der Waals surface area contributed by atoms with E-state index in [0.717, 1.165) is 5.56 Å². The highest BCUT2D eigenvalue weighted by molar-refractivity contribution is 5.68. The maximum absolute atomic E-state index is 11.9. The molecule has 2 atom stereocenters. The van der Waals surface area contributed by atoms with Crippen molar-refractivity contribution in [1.82, 2.24) is 5.32 Å². The summed E-state index contributed by atoms with van der Waals surface area (Å²) in [6.07, 6.45) is -0.428.